The van der Waals surface area contributed by atoms with Crippen molar-refractivity contribution in [2.45, 2.75) is 19.6 Å². The van der Waals surface area contributed by atoms with Crippen LogP contribution < -0.4 is 14.8 Å². The highest BCUT2D eigenvalue weighted by Gasteiger charge is 2.12. The van der Waals surface area contributed by atoms with Crippen molar-refractivity contribution in [2.24, 2.45) is 0 Å². The molecule has 1 N–H and O–H groups in total. The SMILES string of the molecule is CNC(=O)[C@H](C)Oc1ccc(OCc2cccc(Cl)c2)cc1. The Morgan fingerprint density at radius 2 is 1.86 bits per heavy atom. The predicted molar refractivity (Wildman–Crippen MR) is 86.4 cm³/mol. The molecule has 0 saturated carbocycles. The van der Waals surface area contributed by atoms with E-state index in [2.05, 4.69) is 5.32 Å². The molecule has 0 heterocycles. The second-order valence-corrected chi connectivity index (χ2v) is 5.20. The van der Waals surface area contributed by atoms with Crippen LogP contribution in [0.3, 0.4) is 0 Å². The van der Waals surface area contributed by atoms with E-state index in [0.29, 0.717) is 17.4 Å². The van der Waals surface area contributed by atoms with E-state index >= 15 is 0 Å². The minimum atomic E-state index is -0.539. The molecule has 2 aromatic carbocycles. The van der Waals surface area contributed by atoms with E-state index in [1.807, 2.05) is 24.3 Å². The molecule has 0 saturated heterocycles. The highest BCUT2D eigenvalue weighted by Crippen LogP contribution is 2.20. The smallest absolute Gasteiger partial charge is 0.260 e. The van der Waals surface area contributed by atoms with Gasteiger partial charge in [-0.15, -0.1) is 0 Å². The minimum Gasteiger partial charge on any atom is -0.489 e. The third-order valence-electron chi connectivity index (χ3n) is 3.05. The Morgan fingerprint density at radius 3 is 2.50 bits per heavy atom. The van der Waals surface area contributed by atoms with Gasteiger partial charge in [-0.05, 0) is 48.9 Å². The van der Waals surface area contributed by atoms with Gasteiger partial charge in [-0.3, -0.25) is 4.79 Å². The van der Waals surface area contributed by atoms with Crippen LogP contribution >= 0.6 is 11.6 Å². The highest BCUT2D eigenvalue weighted by molar-refractivity contribution is 6.30. The molecule has 0 unspecified atom stereocenters. The van der Waals surface area contributed by atoms with Gasteiger partial charge < -0.3 is 14.8 Å². The quantitative estimate of drug-likeness (QED) is 0.887. The number of benzene rings is 2. The molecule has 0 bridgehead atoms. The first-order valence-corrected chi connectivity index (χ1v) is 7.32. The molecule has 1 atom stereocenters. The van der Waals surface area contributed by atoms with E-state index in [-0.39, 0.29) is 5.91 Å². The molecule has 116 valence electrons. The maximum atomic E-state index is 11.4. The molecule has 0 aliphatic carbocycles. The summed E-state index contributed by atoms with van der Waals surface area (Å²) in [6, 6.07) is 14.7. The number of nitrogens with one attached hydrogen (secondary N) is 1. The zero-order chi connectivity index (χ0) is 15.9. The Labute approximate surface area is 135 Å². The van der Waals surface area contributed by atoms with Crippen LogP contribution in [0.15, 0.2) is 48.5 Å². The maximum absolute atomic E-state index is 11.4. The lowest BCUT2D eigenvalue weighted by Crippen LogP contribution is -2.33. The van der Waals surface area contributed by atoms with Gasteiger partial charge in [0.2, 0.25) is 0 Å². The number of amides is 1. The number of hydrogen-bond acceptors (Lipinski definition) is 3. The van der Waals surface area contributed by atoms with Crippen LogP contribution in [-0.4, -0.2) is 19.1 Å². The molecular weight excluding hydrogens is 302 g/mol. The second kappa shape index (κ2) is 7.71. The van der Waals surface area contributed by atoms with Crippen molar-refractivity contribution < 1.29 is 14.3 Å². The van der Waals surface area contributed by atoms with E-state index in [9.17, 15) is 4.79 Å². The summed E-state index contributed by atoms with van der Waals surface area (Å²) in [4.78, 5) is 11.4. The Balaban J connectivity index is 1.90. The number of carbonyl (C=O) groups excluding carboxylic acids is 1. The Bertz CT molecular complexity index is 628. The topological polar surface area (TPSA) is 47.6 Å². The number of rotatable bonds is 6. The number of carbonyl (C=O) groups is 1. The van der Waals surface area contributed by atoms with Crippen LogP contribution in [-0.2, 0) is 11.4 Å². The Hall–Kier alpha value is -2.20. The second-order valence-electron chi connectivity index (χ2n) is 4.76. The highest BCUT2D eigenvalue weighted by atomic mass is 35.5. The summed E-state index contributed by atoms with van der Waals surface area (Å²) in [6.45, 7) is 2.14. The van der Waals surface area contributed by atoms with Crippen molar-refractivity contribution in [2.75, 3.05) is 7.05 Å². The Morgan fingerprint density at radius 1 is 1.18 bits per heavy atom. The lowest BCUT2D eigenvalue weighted by Gasteiger charge is -2.13. The van der Waals surface area contributed by atoms with Gasteiger partial charge in [0.1, 0.15) is 18.1 Å². The molecule has 2 rings (SSSR count). The Kier molecular flexibility index (Phi) is 5.67. The summed E-state index contributed by atoms with van der Waals surface area (Å²) in [5.41, 5.74) is 1.00. The summed E-state index contributed by atoms with van der Waals surface area (Å²) in [5, 5.41) is 3.23. The molecule has 0 radical (unpaired) electrons. The standard InChI is InChI=1S/C17H18ClNO3/c1-12(17(20)19-2)22-16-8-6-15(7-9-16)21-11-13-4-3-5-14(18)10-13/h3-10,12H,11H2,1-2H3,(H,19,20)/t12-/m0/s1. The third kappa shape index (κ3) is 4.67. The fraction of sp³-hybridized carbons (Fsp3) is 0.235. The molecule has 1 amide bonds. The normalized spacial score (nSPS) is 11.6. The molecule has 0 aromatic heterocycles. The van der Waals surface area contributed by atoms with Gasteiger partial charge in [-0.2, -0.15) is 0 Å². The maximum Gasteiger partial charge on any atom is 0.260 e. The molecule has 2 aromatic rings. The first-order chi connectivity index (χ1) is 10.6. The van der Waals surface area contributed by atoms with E-state index in [0.717, 1.165) is 11.3 Å². The number of hydrogen-bond donors (Lipinski definition) is 1. The largest absolute Gasteiger partial charge is 0.489 e. The van der Waals surface area contributed by atoms with E-state index in [1.165, 1.54) is 0 Å². The van der Waals surface area contributed by atoms with Crippen molar-refractivity contribution in [1.29, 1.82) is 0 Å². The minimum absolute atomic E-state index is 0.165. The van der Waals surface area contributed by atoms with Crippen molar-refractivity contribution >= 4 is 17.5 Å². The van der Waals surface area contributed by atoms with Gasteiger partial charge >= 0.3 is 0 Å². The zero-order valence-electron chi connectivity index (χ0n) is 12.5. The van der Waals surface area contributed by atoms with Crippen LogP contribution in [0.4, 0.5) is 0 Å². The fourth-order valence-corrected chi connectivity index (χ4v) is 2.08. The summed E-state index contributed by atoms with van der Waals surface area (Å²) >= 11 is 5.93. The van der Waals surface area contributed by atoms with Crippen molar-refractivity contribution in [3.8, 4) is 11.5 Å². The van der Waals surface area contributed by atoms with Crippen LogP contribution in [0.1, 0.15) is 12.5 Å². The molecule has 0 fully saturated rings. The van der Waals surface area contributed by atoms with Gasteiger partial charge in [-0.1, -0.05) is 23.7 Å². The number of ether oxygens (including phenoxy) is 2. The monoisotopic (exact) mass is 319 g/mol. The van der Waals surface area contributed by atoms with Gasteiger partial charge in [0.05, 0.1) is 0 Å². The van der Waals surface area contributed by atoms with Gasteiger partial charge in [0, 0.05) is 12.1 Å². The average Bonchev–Trinajstić information content (AvgIpc) is 2.53. The molecule has 5 heteroatoms. The summed E-state index contributed by atoms with van der Waals surface area (Å²) in [6.07, 6.45) is -0.539. The van der Waals surface area contributed by atoms with E-state index in [1.54, 1.807) is 38.2 Å². The van der Waals surface area contributed by atoms with Crippen molar-refractivity contribution in [3.05, 3.63) is 59.1 Å². The van der Waals surface area contributed by atoms with Gasteiger partial charge in [0.25, 0.3) is 5.91 Å². The van der Waals surface area contributed by atoms with Crippen LogP contribution in [0.5, 0.6) is 11.5 Å². The lowest BCUT2D eigenvalue weighted by atomic mass is 10.2. The van der Waals surface area contributed by atoms with Crippen LogP contribution in [0, 0.1) is 0 Å². The van der Waals surface area contributed by atoms with Crippen LogP contribution in [0.25, 0.3) is 0 Å². The van der Waals surface area contributed by atoms with Crippen LogP contribution in [0.2, 0.25) is 5.02 Å². The first-order valence-electron chi connectivity index (χ1n) is 6.94. The molecular formula is C17H18ClNO3. The van der Waals surface area contributed by atoms with E-state index in [4.69, 9.17) is 21.1 Å². The number of likely N-dealkylation sites (N-methyl/N-ethyl adjacent to an activating group) is 1. The lowest BCUT2D eigenvalue weighted by molar-refractivity contribution is -0.126. The van der Waals surface area contributed by atoms with Gasteiger partial charge in [0.15, 0.2) is 6.10 Å². The van der Waals surface area contributed by atoms with Crippen molar-refractivity contribution in [3.63, 3.8) is 0 Å². The van der Waals surface area contributed by atoms with Gasteiger partial charge in [-0.25, -0.2) is 0 Å². The first kappa shape index (κ1) is 16.2. The molecule has 22 heavy (non-hydrogen) atoms. The van der Waals surface area contributed by atoms with Crippen molar-refractivity contribution in [1.82, 2.24) is 5.32 Å². The summed E-state index contributed by atoms with van der Waals surface area (Å²) in [5.74, 6) is 1.17. The van der Waals surface area contributed by atoms with E-state index < -0.39 is 6.10 Å². The molecule has 4 nitrogen and oxygen atoms in total. The number of halogens is 1. The zero-order valence-corrected chi connectivity index (χ0v) is 13.3. The summed E-state index contributed by atoms with van der Waals surface area (Å²) in [7, 11) is 1.58. The molecule has 0 aliphatic heterocycles. The summed E-state index contributed by atoms with van der Waals surface area (Å²) < 4.78 is 11.2. The fourth-order valence-electron chi connectivity index (χ4n) is 1.87. The molecule has 0 spiro atoms. The predicted octanol–water partition coefficient (Wildman–Crippen LogP) is 3.43. The third-order valence-corrected chi connectivity index (χ3v) is 3.28. The molecule has 0 aliphatic rings. The average molecular weight is 320 g/mol.